The molecule has 0 bridgehead atoms. The molecule has 0 aliphatic carbocycles. The molecule has 1 N–H and O–H groups in total. The normalized spacial score (nSPS) is 13.4. The van der Waals surface area contributed by atoms with Gasteiger partial charge in [-0.05, 0) is 38.1 Å². The van der Waals surface area contributed by atoms with Crippen LogP contribution in [0.3, 0.4) is 0 Å². The smallest absolute Gasteiger partial charge is 0.466 e. The number of esters is 1. The number of sulfonamides is 1. The summed E-state index contributed by atoms with van der Waals surface area (Å²) >= 11 is 0. The van der Waals surface area contributed by atoms with Gasteiger partial charge in [-0.3, -0.25) is 4.79 Å². The van der Waals surface area contributed by atoms with Gasteiger partial charge in [0.25, 0.3) is 0 Å². The first-order chi connectivity index (χ1) is 10.5. The van der Waals surface area contributed by atoms with Crippen molar-refractivity contribution in [2.45, 2.75) is 37.6 Å². The van der Waals surface area contributed by atoms with Crippen LogP contribution >= 0.6 is 0 Å². The van der Waals surface area contributed by atoms with Gasteiger partial charge in [0.05, 0.1) is 17.9 Å². The van der Waals surface area contributed by atoms with Crippen LogP contribution in [0.25, 0.3) is 0 Å². The van der Waals surface area contributed by atoms with Gasteiger partial charge in [-0.2, -0.15) is 0 Å². The molecular weight excluding hydrogens is 339 g/mol. The van der Waals surface area contributed by atoms with E-state index in [9.17, 15) is 26.4 Å². The van der Waals surface area contributed by atoms with Gasteiger partial charge in [0.15, 0.2) is 0 Å². The maximum absolute atomic E-state index is 12.1. The molecule has 0 aromatic heterocycles. The molecule has 0 aliphatic heterocycles. The standard InChI is InChI=1S/C13H16F3NO5S/c1-3-21-12(18)8-9(2)17-23(19,20)11-6-4-10(5-7-11)22-13(14,15)16/h4-7,9,17H,3,8H2,1-2H3. The summed E-state index contributed by atoms with van der Waals surface area (Å²) in [4.78, 5) is 11.0. The van der Waals surface area contributed by atoms with Crippen LogP contribution in [0.2, 0.25) is 0 Å². The van der Waals surface area contributed by atoms with Crippen LogP contribution in [0.5, 0.6) is 5.75 Å². The predicted octanol–water partition coefficient (Wildman–Crippen LogP) is 2.21. The van der Waals surface area contributed by atoms with E-state index in [1.807, 2.05) is 0 Å². The predicted molar refractivity (Wildman–Crippen MR) is 74.2 cm³/mol. The quantitative estimate of drug-likeness (QED) is 0.759. The first-order valence-electron chi connectivity index (χ1n) is 6.57. The van der Waals surface area contributed by atoms with E-state index in [-0.39, 0.29) is 17.9 Å². The number of halogens is 3. The van der Waals surface area contributed by atoms with Crippen LogP contribution in [0.4, 0.5) is 13.2 Å². The number of alkyl halides is 3. The lowest BCUT2D eigenvalue weighted by Gasteiger charge is -2.14. The third-order valence-corrected chi connectivity index (χ3v) is 4.11. The van der Waals surface area contributed by atoms with E-state index in [1.165, 1.54) is 6.92 Å². The second-order valence-corrected chi connectivity index (χ2v) is 6.26. The molecule has 0 saturated carbocycles. The van der Waals surface area contributed by atoms with E-state index >= 15 is 0 Å². The largest absolute Gasteiger partial charge is 0.573 e. The Kier molecular flexibility index (Phi) is 6.39. The molecule has 0 spiro atoms. The maximum atomic E-state index is 12.1. The minimum atomic E-state index is -4.85. The summed E-state index contributed by atoms with van der Waals surface area (Å²) < 4.78 is 70.8. The Hall–Kier alpha value is -1.81. The van der Waals surface area contributed by atoms with Gasteiger partial charge in [-0.1, -0.05) is 0 Å². The van der Waals surface area contributed by atoms with E-state index in [2.05, 4.69) is 9.46 Å². The van der Waals surface area contributed by atoms with Crippen molar-refractivity contribution in [3.05, 3.63) is 24.3 Å². The fraction of sp³-hybridized carbons (Fsp3) is 0.462. The summed E-state index contributed by atoms with van der Waals surface area (Å²) in [5.74, 6) is -1.09. The Bertz CT molecular complexity index is 628. The van der Waals surface area contributed by atoms with E-state index in [0.29, 0.717) is 0 Å². The molecular formula is C13H16F3NO5S. The zero-order chi connectivity index (χ0) is 17.7. The Balaban J connectivity index is 2.74. The zero-order valence-electron chi connectivity index (χ0n) is 12.4. The summed E-state index contributed by atoms with van der Waals surface area (Å²) in [6.45, 7) is 3.27. The van der Waals surface area contributed by atoms with Crippen molar-refractivity contribution in [3.63, 3.8) is 0 Å². The van der Waals surface area contributed by atoms with E-state index < -0.39 is 34.1 Å². The molecule has 1 unspecified atom stereocenters. The fourth-order valence-electron chi connectivity index (χ4n) is 1.66. The van der Waals surface area contributed by atoms with E-state index in [1.54, 1.807) is 6.92 Å². The van der Waals surface area contributed by atoms with Gasteiger partial charge in [0.1, 0.15) is 5.75 Å². The molecule has 0 aliphatic rings. The van der Waals surface area contributed by atoms with Crippen LogP contribution in [-0.4, -0.2) is 33.4 Å². The third kappa shape index (κ3) is 6.87. The van der Waals surface area contributed by atoms with Gasteiger partial charge >= 0.3 is 12.3 Å². The Morgan fingerprint density at radius 2 is 1.83 bits per heavy atom. The molecule has 1 rings (SSSR count). The molecule has 0 amide bonds. The molecule has 130 valence electrons. The molecule has 0 radical (unpaired) electrons. The van der Waals surface area contributed by atoms with Crippen LogP contribution in [0, 0.1) is 0 Å². The minimum Gasteiger partial charge on any atom is -0.466 e. The molecule has 0 heterocycles. The van der Waals surface area contributed by atoms with Crippen LogP contribution in [0.15, 0.2) is 29.2 Å². The first-order valence-corrected chi connectivity index (χ1v) is 8.05. The number of ether oxygens (including phenoxy) is 2. The van der Waals surface area contributed by atoms with Crippen molar-refractivity contribution in [2.75, 3.05) is 6.61 Å². The van der Waals surface area contributed by atoms with E-state index in [0.717, 1.165) is 24.3 Å². The summed E-state index contributed by atoms with van der Waals surface area (Å²) in [5, 5.41) is 0. The van der Waals surface area contributed by atoms with Crippen molar-refractivity contribution in [1.82, 2.24) is 4.72 Å². The zero-order valence-corrected chi connectivity index (χ0v) is 13.2. The maximum Gasteiger partial charge on any atom is 0.573 e. The first kappa shape index (κ1) is 19.2. The van der Waals surface area contributed by atoms with Gasteiger partial charge in [0.2, 0.25) is 10.0 Å². The summed E-state index contributed by atoms with van der Waals surface area (Å²) in [7, 11) is -3.98. The molecule has 23 heavy (non-hydrogen) atoms. The molecule has 0 fully saturated rings. The lowest BCUT2D eigenvalue weighted by atomic mass is 10.3. The number of hydrogen-bond donors (Lipinski definition) is 1. The Morgan fingerprint density at radius 3 is 2.30 bits per heavy atom. The second-order valence-electron chi connectivity index (χ2n) is 4.55. The van der Waals surface area contributed by atoms with Gasteiger partial charge in [-0.25, -0.2) is 13.1 Å². The van der Waals surface area contributed by atoms with Crippen molar-refractivity contribution in [3.8, 4) is 5.75 Å². The monoisotopic (exact) mass is 355 g/mol. The average Bonchev–Trinajstić information content (AvgIpc) is 2.36. The highest BCUT2D eigenvalue weighted by Gasteiger charge is 2.31. The van der Waals surface area contributed by atoms with E-state index in [4.69, 9.17) is 4.74 Å². The SMILES string of the molecule is CCOC(=O)CC(C)NS(=O)(=O)c1ccc(OC(F)(F)F)cc1. The number of rotatable bonds is 7. The van der Waals surface area contributed by atoms with Crippen molar-refractivity contribution >= 4 is 16.0 Å². The van der Waals surface area contributed by atoms with Crippen LogP contribution in [0.1, 0.15) is 20.3 Å². The highest BCUT2D eigenvalue weighted by atomic mass is 32.2. The summed E-state index contributed by atoms with van der Waals surface area (Å²) in [6, 6.07) is 2.99. The third-order valence-electron chi connectivity index (χ3n) is 2.50. The number of hydrogen-bond acceptors (Lipinski definition) is 5. The number of carbonyl (C=O) groups excluding carboxylic acids is 1. The number of benzene rings is 1. The van der Waals surface area contributed by atoms with Gasteiger partial charge in [0, 0.05) is 6.04 Å². The number of carbonyl (C=O) groups is 1. The second kappa shape index (κ2) is 7.64. The lowest BCUT2D eigenvalue weighted by molar-refractivity contribution is -0.274. The van der Waals surface area contributed by atoms with Crippen LogP contribution in [-0.2, 0) is 19.6 Å². The Morgan fingerprint density at radius 1 is 1.26 bits per heavy atom. The molecule has 1 aromatic rings. The molecule has 10 heteroatoms. The highest BCUT2D eigenvalue weighted by molar-refractivity contribution is 7.89. The summed E-state index contributed by atoms with van der Waals surface area (Å²) in [6.07, 6.45) is -5.02. The number of nitrogens with one attached hydrogen (secondary N) is 1. The summed E-state index contributed by atoms with van der Waals surface area (Å²) in [5.41, 5.74) is 0. The van der Waals surface area contributed by atoms with Crippen molar-refractivity contribution in [2.24, 2.45) is 0 Å². The van der Waals surface area contributed by atoms with Crippen molar-refractivity contribution in [1.29, 1.82) is 0 Å². The van der Waals surface area contributed by atoms with Gasteiger partial charge < -0.3 is 9.47 Å². The van der Waals surface area contributed by atoms with Crippen molar-refractivity contribution < 1.29 is 35.9 Å². The lowest BCUT2D eigenvalue weighted by Crippen LogP contribution is -2.34. The van der Waals surface area contributed by atoms with Crippen LogP contribution < -0.4 is 9.46 Å². The fourth-order valence-corrected chi connectivity index (χ4v) is 2.91. The highest BCUT2D eigenvalue weighted by Crippen LogP contribution is 2.23. The average molecular weight is 355 g/mol. The molecule has 1 atom stereocenters. The minimum absolute atomic E-state index is 0.164. The molecule has 6 nitrogen and oxygen atoms in total. The Labute approximate surface area is 131 Å². The molecule has 1 aromatic carbocycles. The topological polar surface area (TPSA) is 81.7 Å². The molecule has 0 saturated heterocycles. The van der Waals surface area contributed by atoms with Gasteiger partial charge in [-0.15, -0.1) is 13.2 Å².